The summed E-state index contributed by atoms with van der Waals surface area (Å²) < 4.78 is 39.4. The molecule has 4 N–H and O–H groups in total. The third-order valence-electron chi connectivity index (χ3n) is 3.97. The number of allylic oxidation sites excluding steroid dienone is 1. The molecule has 2 rings (SSSR count). The molecule has 2 amide bonds. The maximum atomic E-state index is 13.0. The predicted octanol–water partition coefficient (Wildman–Crippen LogP) is 5.07. The van der Waals surface area contributed by atoms with Crippen LogP contribution in [0.25, 0.3) is 0 Å². The molecule has 0 saturated heterocycles. The number of pyridine rings is 1. The molecule has 0 aliphatic rings. The van der Waals surface area contributed by atoms with Crippen LogP contribution in [-0.4, -0.2) is 35.2 Å². The summed E-state index contributed by atoms with van der Waals surface area (Å²) in [5, 5.41) is 14.8. The van der Waals surface area contributed by atoms with Crippen molar-refractivity contribution in [2.75, 3.05) is 17.2 Å². The van der Waals surface area contributed by atoms with E-state index >= 15 is 0 Å². The fraction of sp³-hybridized carbons (Fsp3) is 0.200. The number of rotatable bonds is 7. The highest BCUT2D eigenvalue weighted by Gasteiger charge is 2.34. The van der Waals surface area contributed by atoms with Crippen molar-refractivity contribution >= 4 is 56.6 Å². The molecule has 0 radical (unpaired) electrons. The monoisotopic (exact) mass is 531 g/mol. The number of aromatic nitrogens is 1. The van der Waals surface area contributed by atoms with E-state index in [1.54, 1.807) is 19.9 Å². The Morgan fingerprint density at radius 3 is 2.56 bits per heavy atom. The molecule has 12 heteroatoms. The summed E-state index contributed by atoms with van der Waals surface area (Å²) in [6.07, 6.45) is -3.34. The average molecular weight is 533 g/mol. The molecular weight excluding hydrogens is 515 g/mol. The van der Waals surface area contributed by atoms with Crippen LogP contribution in [0.4, 0.5) is 24.7 Å². The molecule has 0 fully saturated rings. The van der Waals surface area contributed by atoms with E-state index in [4.69, 9.17) is 17.0 Å². The number of hydrogen-bond acceptors (Lipinski definition) is 5. The maximum Gasteiger partial charge on any atom is 0.432 e. The number of nitrogens with one attached hydrogen (secondary N) is 4. The van der Waals surface area contributed by atoms with Crippen LogP contribution < -0.4 is 16.0 Å². The Morgan fingerprint density at radius 1 is 1.28 bits per heavy atom. The Bertz CT molecular complexity index is 1090. The zero-order valence-electron chi connectivity index (χ0n) is 16.8. The van der Waals surface area contributed by atoms with Crippen LogP contribution in [0.3, 0.4) is 0 Å². The zero-order chi connectivity index (χ0) is 24.1. The predicted molar refractivity (Wildman–Crippen MR) is 120 cm³/mol. The molecule has 0 aliphatic heterocycles. The van der Waals surface area contributed by atoms with E-state index in [1.807, 2.05) is 0 Å². The van der Waals surface area contributed by atoms with Gasteiger partial charge in [-0.2, -0.15) is 13.2 Å². The second kappa shape index (κ2) is 10.6. The Labute approximate surface area is 195 Å². The van der Waals surface area contributed by atoms with Gasteiger partial charge in [-0.05, 0) is 49.8 Å². The molecule has 0 atom stereocenters. The van der Waals surface area contributed by atoms with Crippen molar-refractivity contribution in [3.8, 4) is 0 Å². The number of hydrogen-bond donors (Lipinski definition) is 4. The number of benzene rings is 1. The van der Waals surface area contributed by atoms with Gasteiger partial charge in [-0.1, -0.05) is 27.5 Å². The third-order valence-corrected chi connectivity index (χ3v) is 4.73. The normalized spacial score (nSPS) is 11.7. The highest BCUT2D eigenvalue weighted by atomic mass is 79.9. The summed E-state index contributed by atoms with van der Waals surface area (Å²) in [6.45, 7) is 3.66. The lowest BCUT2D eigenvalue weighted by Gasteiger charge is -2.17. The van der Waals surface area contributed by atoms with Crippen molar-refractivity contribution in [1.29, 1.82) is 5.41 Å². The maximum absolute atomic E-state index is 13.0. The lowest BCUT2D eigenvalue weighted by molar-refractivity contribution is -0.112. The summed E-state index contributed by atoms with van der Waals surface area (Å²) in [5.74, 6) is -1.60. The molecule has 0 saturated carbocycles. The molecule has 0 aliphatic carbocycles. The number of carbonyl (C=O) groups excluding carboxylic acids is 2. The molecule has 1 aromatic heterocycles. The van der Waals surface area contributed by atoms with Crippen molar-refractivity contribution in [2.24, 2.45) is 0 Å². The standard InChI is InChI=1S/C20H18BrClF3N5O2/c1-3-27-18(31)12-8-11(21)7-10(2)16(12)30-19(32)14(9-15(26)20(23,24)25)29-17-13(22)5-4-6-28-17/h4-9,26H,3H2,1-2H3,(H,27,31)(H,28,29)(H,30,32)/b14-9-,26-15?. The van der Waals surface area contributed by atoms with E-state index in [-0.39, 0.29) is 22.1 Å². The second-order valence-electron chi connectivity index (χ2n) is 6.39. The minimum Gasteiger partial charge on any atom is -0.352 e. The Morgan fingerprint density at radius 2 is 1.97 bits per heavy atom. The van der Waals surface area contributed by atoms with E-state index in [9.17, 15) is 22.8 Å². The third kappa shape index (κ3) is 6.54. The number of halogens is 5. The highest BCUT2D eigenvalue weighted by molar-refractivity contribution is 9.10. The highest BCUT2D eigenvalue weighted by Crippen LogP contribution is 2.27. The van der Waals surface area contributed by atoms with Gasteiger partial charge in [0.1, 0.15) is 17.2 Å². The van der Waals surface area contributed by atoms with Crippen molar-refractivity contribution in [1.82, 2.24) is 10.3 Å². The summed E-state index contributed by atoms with van der Waals surface area (Å²) in [4.78, 5) is 29.3. The number of nitrogens with zero attached hydrogens (tertiary/aromatic N) is 1. The van der Waals surface area contributed by atoms with Gasteiger partial charge in [-0.25, -0.2) is 4.98 Å². The molecule has 32 heavy (non-hydrogen) atoms. The first-order valence-corrected chi connectivity index (χ1v) is 10.3. The SMILES string of the molecule is CCNC(=O)c1cc(Br)cc(C)c1NC(=O)/C(=C/C(=N)C(F)(F)F)Nc1ncccc1Cl. The number of amides is 2. The largest absolute Gasteiger partial charge is 0.432 e. The molecule has 7 nitrogen and oxygen atoms in total. The number of alkyl halides is 3. The smallest absolute Gasteiger partial charge is 0.352 e. The molecule has 0 spiro atoms. The number of carbonyl (C=O) groups is 2. The van der Waals surface area contributed by atoms with E-state index < -0.39 is 29.4 Å². The van der Waals surface area contributed by atoms with Crippen molar-refractivity contribution < 1.29 is 22.8 Å². The Kier molecular flexibility index (Phi) is 8.39. The van der Waals surface area contributed by atoms with Crippen LogP contribution in [0, 0.1) is 12.3 Å². The van der Waals surface area contributed by atoms with E-state index in [0.29, 0.717) is 22.7 Å². The van der Waals surface area contributed by atoms with Gasteiger partial charge in [0.2, 0.25) is 0 Å². The molecule has 1 aromatic carbocycles. The lowest BCUT2D eigenvalue weighted by Crippen LogP contribution is -2.28. The summed E-state index contributed by atoms with van der Waals surface area (Å²) in [5.41, 5.74) is -1.72. The average Bonchev–Trinajstić information content (AvgIpc) is 2.70. The molecule has 170 valence electrons. The van der Waals surface area contributed by atoms with Crippen LogP contribution in [-0.2, 0) is 4.79 Å². The van der Waals surface area contributed by atoms with Gasteiger partial charge in [0.25, 0.3) is 11.8 Å². The first-order valence-electron chi connectivity index (χ1n) is 9.08. The van der Waals surface area contributed by atoms with Crippen LogP contribution in [0.2, 0.25) is 5.02 Å². The van der Waals surface area contributed by atoms with E-state index in [0.717, 1.165) is 0 Å². The van der Waals surface area contributed by atoms with Crippen molar-refractivity contribution in [2.45, 2.75) is 20.0 Å². The van der Waals surface area contributed by atoms with Gasteiger partial charge in [0.05, 0.1) is 16.3 Å². The zero-order valence-corrected chi connectivity index (χ0v) is 19.2. The number of aryl methyl sites for hydroxylation is 1. The van der Waals surface area contributed by atoms with Gasteiger partial charge in [-0.3, -0.25) is 15.0 Å². The van der Waals surface area contributed by atoms with Crippen LogP contribution in [0.5, 0.6) is 0 Å². The summed E-state index contributed by atoms with van der Waals surface area (Å²) in [6, 6.07) is 6.02. The van der Waals surface area contributed by atoms with Gasteiger partial charge in [0, 0.05) is 17.2 Å². The number of anilines is 2. The topological polar surface area (TPSA) is 107 Å². The minimum atomic E-state index is -4.99. The molecule has 0 bridgehead atoms. The van der Waals surface area contributed by atoms with Crippen LogP contribution in [0.15, 0.2) is 46.7 Å². The minimum absolute atomic E-state index is 0.0487. The van der Waals surface area contributed by atoms with Gasteiger partial charge in [0.15, 0.2) is 0 Å². The summed E-state index contributed by atoms with van der Waals surface area (Å²) >= 11 is 9.26. The van der Waals surface area contributed by atoms with E-state index in [2.05, 4.69) is 36.9 Å². The second-order valence-corrected chi connectivity index (χ2v) is 7.71. The molecule has 1 heterocycles. The fourth-order valence-corrected chi connectivity index (χ4v) is 3.26. The van der Waals surface area contributed by atoms with Gasteiger partial charge < -0.3 is 16.0 Å². The quantitative estimate of drug-likeness (QED) is 0.295. The molecular formula is C20H18BrClF3N5O2. The first kappa shape index (κ1) is 25.3. The van der Waals surface area contributed by atoms with Crippen molar-refractivity contribution in [3.63, 3.8) is 0 Å². The summed E-state index contributed by atoms with van der Waals surface area (Å²) in [7, 11) is 0. The Hall–Kier alpha value is -2.92. The van der Waals surface area contributed by atoms with Gasteiger partial charge in [-0.15, -0.1) is 0 Å². The fourth-order valence-electron chi connectivity index (χ4n) is 2.51. The Balaban J connectivity index is 2.49. The molecule has 2 aromatic rings. The van der Waals surface area contributed by atoms with E-state index in [1.165, 1.54) is 24.4 Å². The lowest BCUT2D eigenvalue weighted by atomic mass is 10.1. The first-order chi connectivity index (χ1) is 14.9. The van der Waals surface area contributed by atoms with Crippen LogP contribution in [0.1, 0.15) is 22.8 Å². The van der Waals surface area contributed by atoms with Gasteiger partial charge >= 0.3 is 6.18 Å². The molecule has 0 unspecified atom stereocenters. The van der Waals surface area contributed by atoms with Crippen molar-refractivity contribution in [3.05, 3.63) is 62.9 Å². The van der Waals surface area contributed by atoms with Crippen LogP contribution >= 0.6 is 27.5 Å².